The van der Waals surface area contributed by atoms with E-state index in [1.807, 2.05) is 0 Å². The average molecular weight is 328 g/mol. The molecular formula is C20H31F3. The van der Waals surface area contributed by atoms with Crippen molar-refractivity contribution in [2.24, 2.45) is 35.5 Å². The highest BCUT2D eigenvalue weighted by atomic mass is 19.4. The molecule has 0 bridgehead atoms. The van der Waals surface area contributed by atoms with E-state index >= 15 is 0 Å². The molecule has 3 fully saturated rings. The molecule has 3 saturated carbocycles. The van der Waals surface area contributed by atoms with Crippen LogP contribution in [0.25, 0.3) is 0 Å². The molecule has 0 aromatic rings. The molecule has 3 aliphatic rings. The zero-order valence-corrected chi connectivity index (χ0v) is 14.2. The molecular weight excluding hydrogens is 297 g/mol. The van der Waals surface area contributed by atoms with Gasteiger partial charge in [0.15, 0.2) is 0 Å². The smallest absolute Gasteiger partial charge is 0.171 e. The summed E-state index contributed by atoms with van der Waals surface area (Å²) in [5.41, 5.74) is 0. The number of hydrogen-bond donors (Lipinski definition) is 0. The molecule has 0 nitrogen and oxygen atoms in total. The lowest BCUT2D eigenvalue weighted by Gasteiger charge is -2.33. The third-order valence-corrected chi connectivity index (χ3v) is 7.17. The van der Waals surface area contributed by atoms with Crippen LogP contribution in [0.2, 0.25) is 0 Å². The van der Waals surface area contributed by atoms with Crippen molar-refractivity contribution in [3.8, 4) is 0 Å². The van der Waals surface area contributed by atoms with Gasteiger partial charge < -0.3 is 0 Å². The lowest BCUT2D eigenvalue weighted by molar-refractivity contribution is -0.184. The molecule has 2 unspecified atom stereocenters. The van der Waals surface area contributed by atoms with Crippen LogP contribution < -0.4 is 0 Å². The molecule has 0 saturated heterocycles. The molecule has 3 aliphatic carbocycles. The minimum atomic E-state index is -3.97. The second kappa shape index (κ2) is 7.19. The highest BCUT2D eigenvalue weighted by Crippen LogP contribution is 2.51. The predicted octanol–water partition coefficient (Wildman–Crippen LogP) is 6.76. The van der Waals surface area contributed by atoms with E-state index in [0.29, 0.717) is 18.8 Å². The van der Waals surface area contributed by atoms with Gasteiger partial charge in [0.05, 0.1) is 5.92 Å². The van der Waals surface area contributed by atoms with Crippen molar-refractivity contribution < 1.29 is 13.2 Å². The van der Waals surface area contributed by atoms with Crippen molar-refractivity contribution in [2.75, 3.05) is 0 Å². The summed E-state index contributed by atoms with van der Waals surface area (Å²) in [5.74, 6) is 2.81. The Hall–Kier alpha value is -0.470. The second-order valence-electron chi connectivity index (χ2n) is 8.45. The minimum absolute atomic E-state index is 0.376. The molecule has 0 heterocycles. The fourth-order valence-corrected chi connectivity index (χ4v) is 5.78. The van der Waals surface area contributed by atoms with Gasteiger partial charge in [-0.15, -0.1) is 6.58 Å². The summed E-state index contributed by atoms with van der Waals surface area (Å²) in [5, 5.41) is 0. The Kier molecular flexibility index (Phi) is 5.42. The number of fused-ring (bicyclic) bond motifs is 1. The fraction of sp³-hybridized carbons (Fsp3) is 0.900. The number of halogens is 3. The largest absolute Gasteiger partial charge is 0.391 e. The van der Waals surface area contributed by atoms with Crippen molar-refractivity contribution in [1.82, 2.24) is 0 Å². The molecule has 0 N–H and O–H groups in total. The second-order valence-corrected chi connectivity index (χ2v) is 8.45. The lowest BCUT2D eigenvalue weighted by Crippen LogP contribution is -2.29. The van der Waals surface area contributed by atoms with Crippen LogP contribution in [0.15, 0.2) is 12.7 Å². The number of rotatable bonds is 3. The van der Waals surface area contributed by atoms with Crippen LogP contribution in [0.1, 0.15) is 70.6 Å². The van der Waals surface area contributed by atoms with Crippen LogP contribution in [0, 0.1) is 35.5 Å². The molecule has 0 spiro atoms. The van der Waals surface area contributed by atoms with Crippen molar-refractivity contribution in [3.63, 3.8) is 0 Å². The van der Waals surface area contributed by atoms with Crippen molar-refractivity contribution in [1.29, 1.82) is 0 Å². The zero-order valence-electron chi connectivity index (χ0n) is 14.2. The molecule has 3 heteroatoms. The molecule has 0 aromatic carbocycles. The summed E-state index contributed by atoms with van der Waals surface area (Å²) in [6, 6.07) is 0. The van der Waals surface area contributed by atoms with Crippen LogP contribution in [-0.2, 0) is 0 Å². The van der Waals surface area contributed by atoms with Gasteiger partial charge in [-0.2, -0.15) is 13.2 Å². The Balaban J connectivity index is 1.49. The Bertz CT molecular complexity index is 376. The van der Waals surface area contributed by atoms with Crippen molar-refractivity contribution in [2.45, 2.75) is 76.8 Å². The van der Waals surface area contributed by atoms with E-state index in [4.69, 9.17) is 0 Å². The lowest BCUT2D eigenvalue weighted by atomic mass is 9.74. The summed E-state index contributed by atoms with van der Waals surface area (Å²) in [6.07, 6.45) is 9.59. The van der Waals surface area contributed by atoms with E-state index in [9.17, 15) is 13.2 Å². The molecule has 0 aromatic heterocycles. The van der Waals surface area contributed by atoms with Gasteiger partial charge >= 0.3 is 6.18 Å². The topological polar surface area (TPSA) is 0 Å². The summed E-state index contributed by atoms with van der Waals surface area (Å²) in [7, 11) is 0. The van der Waals surface area contributed by atoms with Gasteiger partial charge in [-0.05, 0) is 100 Å². The maximum absolute atomic E-state index is 12.8. The van der Waals surface area contributed by atoms with Gasteiger partial charge in [-0.25, -0.2) is 0 Å². The molecule has 2 atom stereocenters. The third kappa shape index (κ3) is 4.14. The SMILES string of the molecule is C=CCC1CCC2CC(C3CCC(C(F)(F)F)CC3)CC2CC1. The first-order valence-corrected chi connectivity index (χ1v) is 9.65. The van der Waals surface area contributed by atoms with Gasteiger partial charge in [0.2, 0.25) is 0 Å². The van der Waals surface area contributed by atoms with Crippen LogP contribution in [-0.4, -0.2) is 6.18 Å². The molecule has 0 amide bonds. The molecule has 3 rings (SSSR count). The molecule has 132 valence electrons. The maximum atomic E-state index is 12.8. The van der Waals surface area contributed by atoms with Crippen LogP contribution in [0.3, 0.4) is 0 Å². The number of hydrogen-bond acceptors (Lipinski definition) is 0. The monoisotopic (exact) mass is 328 g/mol. The Morgan fingerprint density at radius 3 is 1.74 bits per heavy atom. The highest BCUT2D eigenvalue weighted by molar-refractivity contribution is 4.92. The Labute approximate surface area is 138 Å². The minimum Gasteiger partial charge on any atom is -0.171 e. The summed E-state index contributed by atoms with van der Waals surface area (Å²) >= 11 is 0. The average Bonchev–Trinajstić information content (AvgIpc) is 2.84. The van der Waals surface area contributed by atoms with Crippen LogP contribution in [0.5, 0.6) is 0 Å². The summed E-state index contributed by atoms with van der Waals surface area (Å²) in [6.45, 7) is 3.87. The fourth-order valence-electron chi connectivity index (χ4n) is 5.78. The van der Waals surface area contributed by atoms with E-state index in [0.717, 1.165) is 42.9 Å². The van der Waals surface area contributed by atoms with E-state index < -0.39 is 12.1 Å². The third-order valence-electron chi connectivity index (χ3n) is 7.17. The Morgan fingerprint density at radius 2 is 1.26 bits per heavy atom. The quantitative estimate of drug-likeness (QED) is 0.502. The first kappa shape index (κ1) is 17.4. The predicted molar refractivity (Wildman–Crippen MR) is 88.0 cm³/mol. The van der Waals surface area contributed by atoms with Gasteiger partial charge in [0.1, 0.15) is 0 Å². The number of allylic oxidation sites excluding steroid dienone is 1. The molecule has 23 heavy (non-hydrogen) atoms. The highest BCUT2D eigenvalue weighted by Gasteiger charge is 2.45. The first-order chi connectivity index (χ1) is 11.0. The van der Waals surface area contributed by atoms with Crippen LogP contribution >= 0.6 is 0 Å². The van der Waals surface area contributed by atoms with E-state index in [-0.39, 0.29) is 0 Å². The maximum Gasteiger partial charge on any atom is 0.391 e. The van der Waals surface area contributed by atoms with Crippen LogP contribution in [0.4, 0.5) is 13.2 Å². The van der Waals surface area contributed by atoms with E-state index in [1.165, 1.54) is 38.5 Å². The summed E-state index contributed by atoms with van der Waals surface area (Å²) < 4.78 is 38.5. The van der Waals surface area contributed by atoms with Gasteiger partial charge in [-0.1, -0.05) is 6.08 Å². The van der Waals surface area contributed by atoms with E-state index in [2.05, 4.69) is 12.7 Å². The molecule has 0 aliphatic heterocycles. The van der Waals surface area contributed by atoms with Gasteiger partial charge in [0, 0.05) is 0 Å². The van der Waals surface area contributed by atoms with E-state index in [1.54, 1.807) is 0 Å². The van der Waals surface area contributed by atoms with Crippen molar-refractivity contribution >= 4 is 0 Å². The molecule has 0 radical (unpaired) electrons. The normalized spacial score (nSPS) is 42.0. The standard InChI is InChI=1S/C20H31F3/c1-2-3-14-4-6-16-12-18(13-17(16)7-5-14)15-8-10-19(11-9-15)20(21,22)23/h2,14-19H,1,3-13H2. The number of alkyl halides is 3. The van der Waals surface area contributed by atoms with Gasteiger partial charge in [0.25, 0.3) is 0 Å². The summed E-state index contributed by atoms with van der Waals surface area (Å²) in [4.78, 5) is 0. The first-order valence-electron chi connectivity index (χ1n) is 9.65. The Morgan fingerprint density at radius 1 is 0.739 bits per heavy atom. The zero-order chi connectivity index (χ0) is 16.4. The van der Waals surface area contributed by atoms with Crippen molar-refractivity contribution in [3.05, 3.63) is 12.7 Å². The van der Waals surface area contributed by atoms with Gasteiger partial charge in [-0.3, -0.25) is 0 Å².